The molecule has 0 saturated carbocycles. The van der Waals surface area contributed by atoms with Crippen LogP contribution in [0.15, 0.2) is 18.2 Å². The second-order valence-electron chi connectivity index (χ2n) is 3.93. The zero-order valence-corrected chi connectivity index (χ0v) is 9.67. The van der Waals surface area contributed by atoms with Crippen LogP contribution >= 0.6 is 12.4 Å². The molecule has 1 aromatic carbocycles. The summed E-state index contributed by atoms with van der Waals surface area (Å²) in [5.74, 6) is -1.15. The Hall–Kier alpha value is -0.810. The number of nitrogens with one attached hydrogen (secondary N) is 1. The maximum Gasteiger partial charge on any atom is 0.419 e. The van der Waals surface area contributed by atoms with E-state index in [9.17, 15) is 17.6 Å². The summed E-state index contributed by atoms with van der Waals surface area (Å²) in [5.41, 5.74) is -0.615. The van der Waals surface area contributed by atoms with Gasteiger partial charge in [0.2, 0.25) is 0 Å². The van der Waals surface area contributed by atoms with E-state index in [1.54, 1.807) is 0 Å². The lowest BCUT2D eigenvalue weighted by molar-refractivity contribution is -0.140. The number of benzene rings is 1. The fourth-order valence-corrected chi connectivity index (χ4v) is 1.95. The van der Waals surface area contributed by atoms with Gasteiger partial charge in [-0.15, -0.1) is 12.4 Å². The third-order valence-corrected chi connectivity index (χ3v) is 2.83. The SMILES string of the molecule is Cl.Fc1ccc(C2CCNC2)cc1C(F)(F)F. The molecule has 1 aliphatic heterocycles. The van der Waals surface area contributed by atoms with Gasteiger partial charge in [-0.25, -0.2) is 4.39 Å². The molecule has 1 fully saturated rings. The maximum absolute atomic E-state index is 13.0. The molecule has 1 nitrogen and oxygen atoms in total. The molecular formula is C11H12ClF4N. The first-order chi connectivity index (χ1) is 7.48. The Bertz CT molecular complexity index is 386. The van der Waals surface area contributed by atoms with E-state index in [0.717, 1.165) is 25.1 Å². The number of rotatable bonds is 1. The van der Waals surface area contributed by atoms with Crippen LogP contribution in [0, 0.1) is 5.82 Å². The average Bonchev–Trinajstić information content (AvgIpc) is 2.69. The summed E-state index contributed by atoms with van der Waals surface area (Å²) in [6.45, 7) is 1.45. The van der Waals surface area contributed by atoms with E-state index in [1.807, 2.05) is 0 Å². The first-order valence-corrected chi connectivity index (χ1v) is 5.06. The van der Waals surface area contributed by atoms with Crippen molar-refractivity contribution >= 4 is 12.4 Å². The molecule has 96 valence electrons. The maximum atomic E-state index is 13.0. The van der Waals surface area contributed by atoms with Crippen molar-refractivity contribution in [2.24, 2.45) is 0 Å². The molecule has 1 aromatic rings. The average molecular weight is 270 g/mol. The minimum atomic E-state index is -4.62. The summed E-state index contributed by atoms with van der Waals surface area (Å²) < 4.78 is 50.4. The van der Waals surface area contributed by atoms with E-state index in [1.165, 1.54) is 6.07 Å². The highest BCUT2D eigenvalue weighted by Crippen LogP contribution is 2.34. The van der Waals surface area contributed by atoms with Crippen molar-refractivity contribution in [3.8, 4) is 0 Å². The van der Waals surface area contributed by atoms with Gasteiger partial charge in [-0.3, -0.25) is 0 Å². The smallest absolute Gasteiger partial charge is 0.316 e. The molecule has 0 aliphatic carbocycles. The predicted octanol–water partition coefficient (Wildman–Crippen LogP) is 3.34. The zero-order valence-electron chi connectivity index (χ0n) is 8.85. The molecule has 1 N–H and O–H groups in total. The summed E-state index contributed by atoms with van der Waals surface area (Å²) in [6, 6.07) is 3.26. The van der Waals surface area contributed by atoms with E-state index < -0.39 is 17.6 Å². The van der Waals surface area contributed by atoms with Crippen molar-refractivity contribution in [2.75, 3.05) is 13.1 Å². The summed E-state index contributed by atoms with van der Waals surface area (Å²) in [7, 11) is 0. The molecule has 1 aliphatic rings. The van der Waals surface area contributed by atoms with Gasteiger partial charge < -0.3 is 5.32 Å². The monoisotopic (exact) mass is 269 g/mol. The Morgan fingerprint density at radius 3 is 2.47 bits per heavy atom. The van der Waals surface area contributed by atoms with E-state index >= 15 is 0 Å². The largest absolute Gasteiger partial charge is 0.419 e. The molecule has 0 amide bonds. The summed E-state index contributed by atoms with van der Waals surface area (Å²) in [5, 5.41) is 3.07. The highest BCUT2D eigenvalue weighted by molar-refractivity contribution is 5.85. The highest BCUT2D eigenvalue weighted by Gasteiger charge is 2.34. The molecule has 17 heavy (non-hydrogen) atoms. The quantitative estimate of drug-likeness (QED) is 0.771. The van der Waals surface area contributed by atoms with Crippen molar-refractivity contribution in [2.45, 2.75) is 18.5 Å². The topological polar surface area (TPSA) is 12.0 Å². The summed E-state index contributed by atoms with van der Waals surface area (Å²) >= 11 is 0. The number of hydrogen-bond donors (Lipinski definition) is 1. The molecule has 0 spiro atoms. The van der Waals surface area contributed by atoms with Crippen LogP contribution in [0.5, 0.6) is 0 Å². The first-order valence-electron chi connectivity index (χ1n) is 5.06. The van der Waals surface area contributed by atoms with E-state index in [2.05, 4.69) is 5.32 Å². The van der Waals surface area contributed by atoms with Gasteiger partial charge in [-0.05, 0) is 36.6 Å². The van der Waals surface area contributed by atoms with E-state index in [0.29, 0.717) is 12.1 Å². The number of halogens is 5. The van der Waals surface area contributed by atoms with E-state index in [-0.39, 0.29) is 18.3 Å². The summed E-state index contributed by atoms with van der Waals surface area (Å²) in [6.07, 6.45) is -3.82. The van der Waals surface area contributed by atoms with Crippen LogP contribution in [0.25, 0.3) is 0 Å². The molecule has 1 heterocycles. The lowest BCUT2D eigenvalue weighted by Gasteiger charge is -2.13. The van der Waals surface area contributed by atoms with Gasteiger partial charge in [0, 0.05) is 6.54 Å². The molecule has 0 bridgehead atoms. The second kappa shape index (κ2) is 5.23. The number of alkyl halides is 3. The molecular weight excluding hydrogens is 258 g/mol. The van der Waals surface area contributed by atoms with Crippen LogP contribution in [-0.4, -0.2) is 13.1 Å². The van der Waals surface area contributed by atoms with Gasteiger partial charge >= 0.3 is 6.18 Å². The van der Waals surface area contributed by atoms with Crippen molar-refractivity contribution in [3.63, 3.8) is 0 Å². The first kappa shape index (κ1) is 14.3. The van der Waals surface area contributed by atoms with Gasteiger partial charge in [0.1, 0.15) is 5.82 Å². The Morgan fingerprint density at radius 1 is 1.24 bits per heavy atom. The van der Waals surface area contributed by atoms with Crippen LogP contribution in [0.1, 0.15) is 23.5 Å². The predicted molar refractivity (Wildman–Crippen MR) is 58.9 cm³/mol. The Morgan fingerprint density at radius 2 is 1.94 bits per heavy atom. The third kappa shape index (κ3) is 3.10. The zero-order chi connectivity index (χ0) is 11.8. The standard InChI is InChI=1S/C11H11F4N.ClH/c12-10-2-1-7(8-3-4-16-6-8)5-9(10)11(13,14)15;/h1-2,5,8,16H,3-4,6H2;1H. The van der Waals surface area contributed by atoms with Crippen LogP contribution in [0.2, 0.25) is 0 Å². The van der Waals surface area contributed by atoms with E-state index in [4.69, 9.17) is 0 Å². The number of hydrogen-bond acceptors (Lipinski definition) is 1. The third-order valence-electron chi connectivity index (χ3n) is 2.83. The van der Waals surface area contributed by atoms with Crippen LogP contribution in [0.3, 0.4) is 0 Å². The minimum absolute atomic E-state index is 0. The van der Waals surface area contributed by atoms with Crippen LogP contribution < -0.4 is 5.32 Å². The van der Waals surface area contributed by atoms with Gasteiger partial charge in [0.15, 0.2) is 0 Å². The van der Waals surface area contributed by atoms with Gasteiger partial charge in [0.05, 0.1) is 5.56 Å². The molecule has 1 atom stereocenters. The Kier molecular flexibility index (Phi) is 4.38. The van der Waals surface area contributed by atoms with Gasteiger partial charge in [-0.1, -0.05) is 6.07 Å². The highest BCUT2D eigenvalue weighted by atomic mass is 35.5. The molecule has 0 aromatic heterocycles. The van der Waals surface area contributed by atoms with Crippen molar-refractivity contribution < 1.29 is 17.6 Å². The van der Waals surface area contributed by atoms with Crippen molar-refractivity contribution in [1.82, 2.24) is 5.32 Å². The minimum Gasteiger partial charge on any atom is -0.316 e. The Balaban J connectivity index is 0.00000144. The van der Waals surface area contributed by atoms with Gasteiger partial charge in [0.25, 0.3) is 0 Å². The summed E-state index contributed by atoms with van der Waals surface area (Å²) in [4.78, 5) is 0. The molecule has 6 heteroatoms. The Labute approximate surface area is 103 Å². The van der Waals surface area contributed by atoms with Crippen LogP contribution in [0.4, 0.5) is 17.6 Å². The molecule has 0 radical (unpaired) electrons. The van der Waals surface area contributed by atoms with Crippen molar-refractivity contribution in [1.29, 1.82) is 0 Å². The van der Waals surface area contributed by atoms with Gasteiger partial charge in [-0.2, -0.15) is 13.2 Å². The fourth-order valence-electron chi connectivity index (χ4n) is 1.95. The van der Waals surface area contributed by atoms with Crippen LogP contribution in [-0.2, 0) is 6.18 Å². The lowest BCUT2D eigenvalue weighted by Crippen LogP contribution is -2.11. The molecule has 2 rings (SSSR count). The fraction of sp³-hybridized carbons (Fsp3) is 0.455. The second-order valence-corrected chi connectivity index (χ2v) is 3.93. The van der Waals surface area contributed by atoms with Crippen molar-refractivity contribution in [3.05, 3.63) is 35.1 Å². The molecule has 1 unspecified atom stereocenters. The molecule has 1 saturated heterocycles. The normalized spacial score (nSPS) is 20.1. The lowest BCUT2D eigenvalue weighted by atomic mass is 9.96.